The average Bonchev–Trinajstić information content (AvgIpc) is 2.58. The van der Waals surface area contributed by atoms with Gasteiger partial charge in [-0.2, -0.15) is 0 Å². The van der Waals surface area contributed by atoms with Crippen LogP contribution in [-0.4, -0.2) is 27.5 Å². The molecular formula is C19H23N3O3. The molecule has 0 bridgehead atoms. The molecule has 1 aromatic heterocycles. The van der Waals surface area contributed by atoms with Crippen LogP contribution in [0.1, 0.15) is 42.6 Å². The van der Waals surface area contributed by atoms with Crippen LogP contribution in [0.15, 0.2) is 42.7 Å². The molecule has 0 saturated heterocycles. The van der Waals surface area contributed by atoms with E-state index in [1.165, 1.54) is 6.92 Å². The second-order valence-electron chi connectivity index (χ2n) is 6.20. The van der Waals surface area contributed by atoms with E-state index in [4.69, 9.17) is 0 Å². The highest BCUT2D eigenvalue weighted by atomic mass is 16.3. The van der Waals surface area contributed by atoms with Gasteiger partial charge in [-0.25, -0.2) is 0 Å². The van der Waals surface area contributed by atoms with Crippen LogP contribution in [0.2, 0.25) is 0 Å². The number of anilines is 2. The highest BCUT2D eigenvalue weighted by Gasteiger charge is 2.29. The topological polar surface area (TPSA) is 91.3 Å². The highest BCUT2D eigenvalue weighted by molar-refractivity contribution is 6.05. The number of hydrogen-bond donors (Lipinski definition) is 3. The second kappa shape index (κ2) is 7.90. The van der Waals surface area contributed by atoms with Gasteiger partial charge in [0, 0.05) is 29.3 Å². The number of rotatable bonds is 6. The number of aromatic nitrogens is 1. The maximum Gasteiger partial charge on any atom is 0.256 e. The van der Waals surface area contributed by atoms with Crippen LogP contribution in [0.5, 0.6) is 0 Å². The van der Waals surface area contributed by atoms with Crippen molar-refractivity contribution in [1.82, 2.24) is 4.98 Å². The Morgan fingerprint density at radius 2 is 1.84 bits per heavy atom. The first kappa shape index (κ1) is 18.6. The van der Waals surface area contributed by atoms with Crippen molar-refractivity contribution in [2.45, 2.75) is 39.2 Å². The Labute approximate surface area is 147 Å². The molecule has 0 fully saturated rings. The predicted molar refractivity (Wildman–Crippen MR) is 97.5 cm³/mol. The van der Waals surface area contributed by atoms with Crippen LogP contribution >= 0.6 is 0 Å². The van der Waals surface area contributed by atoms with Gasteiger partial charge in [0.15, 0.2) is 0 Å². The van der Waals surface area contributed by atoms with Crippen molar-refractivity contribution in [3.05, 3.63) is 53.9 Å². The lowest BCUT2D eigenvalue weighted by Gasteiger charge is -2.22. The number of hydrogen-bond acceptors (Lipinski definition) is 4. The van der Waals surface area contributed by atoms with Gasteiger partial charge in [-0.3, -0.25) is 14.6 Å². The smallest absolute Gasteiger partial charge is 0.256 e. The van der Waals surface area contributed by atoms with E-state index in [0.29, 0.717) is 29.8 Å². The standard InChI is InChI=1S/C19H23N3O3/c1-4-9-19(3,25)18(24)21-15-6-5-13(2)16(12-15)22-17(23)14-7-10-20-11-8-14/h5-8,10-12,25H,4,9H2,1-3H3,(H,21,24)(H,22,23)/t19-/m1/s1. The van der Waals surface area contributed by atoms with Gasteiger partial charge in [-0.05, 0) is 50.1 Å². The maximum atomic E-state index is 12.3. The zero-order chi connectivity index (χ0) is 18.4. The van der Waals surface area contributed by atoms with Crippen LogP contribution in [0.3, 0.4) is 0 Å². The minimum atomic E-state index is -1.43. The Bertz CT molecular complexity index is 758. The van der Waals surface area contributed by atoms with Crippen LogP contribution in [0.25, 0.3) is 0 Å². The summed E-state index contributed by atoms with van der Waals surface area (Å²) in [5.41, 5.74) is 1.03. The predicted octanol–water partition coefficient (Wildman–Crippen LogP) is 3.13. The number of carbonyl (C=O) groups excluding carboxylic acids is 2. The van der Waals surface area contributed by atoms with Crippen molar-refractivity contribution in [2.24, 2.45) is 0 Å². The Morgan fingerprint density at radius 1 is 1.16 bits per heavy atom. The molecule has 0 unspecified atom stereocenters. The SMILES string of the molecule is CCC[C@@](C)(O)C(=O)Nc1ccc(C)c(NC(=O)c2ccncc2)c1. The summed E-state index contributed by atoms with van der Waals surface area (Å²) in [5, 5.41) is 15.7. The molecule has 0 radical (unpaired) electrons. The molecule has 0 aliphatic carbocycles. The summed E-state index contributed by atoms with van der Waals surface area (Å²) in [6.07, 6.45) is 4.17. The van der Waals surface area contributed by atoms with Gasteiger partial charge in [0.25, 0.3) is 11.8 Å². The Balaban J connectivity index is 2.15. The first-order valence-electron chi connectivity index (χ1n) is 8.19. The molecule has 6 nitrogen and oxygen atoms in total. The molecule has 0 aliphatic heterocycles. The normalized spacial score (nSPS) is 13.0. The van der Waals surface area contributed by atoms with E-state index < -0.39 is 11.5 Å². The summed E-state index contributed by atoms with van der Waals surface area (Å²) in [6, 6.07) is 8.45. The first-order valence-corrected chi connectivity index (χ1v) is 8.19. The molecule has 2 rings (SSSR count). The van der Waals surface area contributed by atoms with Crippen LogP contribution in [-0.2, 0) is 4.79 Å². The van der Waals surface area contributed by atoms with Gasteiger partial charge in [-0.1, -0.05) is 19.4 Å². The first-order chi connectivity index (χ1) is 11.8. The van der Waals surface area contributed by atoms with E-state index in [1.807, 2.05) is 13.8 Å². The second-order valence-corrected chi connectivity index (χ2v) is 6.20. The summed E-state index contributed by atoms with van der Waals surface area (Å²) >= 11 is 0. The van der Waals surface area contributed by atoms with E-state index in [2.05, 4.69) is 15.6 Å². The number of pyridine rings is 1. The molecule has 2 amide bonds. The van der Waals surface area contributed by atoms with Gasteiger partial charge >= 0.3 is 0 Å². The number of nitrogens with one attached hydrogen (secondary N) is 2. The molecule has 132 valence electrons. The Hall–Kier alpha value is -2.73. The lowest BCUT2D eigenvalue weighted by Crippen LogP contribution is -2.39. The van der Waals surface area contributed by atoms with Gasteiger partial charge in [-0.15, -0.1) is 0 Å². The van der Waals surface area contributed by atoms with Gasteiger partial charge in [0.2, 0.25) is 0 Å². The molecule has 1 aromatic carbocycles. The van der Waals surface area contributed by atoms with Crippen LogP contribution < -0.4 is 10.6 Å². The third-order valence-electron chi connectivity index (χ3n) is 3.91. The zero-order valence-electron chi connectivity index (χ0n) is 14.7. The van der Waals surface area contributed by atoms with Crippen LogP contribution in [0, 0.1) is 6.92 Å². The highest BCUT2D eigenvalue weighted by Crippen LogP contribution is 2.23. The van der Waals surface area contributed by atoms with Gasteiger partial charge < -0.3 is 15.7 Å². The molecule has 1 atom stereocenters. The molecule has 1 heterocycles. The lowest BCUT2D eigenvalue weighted by molar-refractivity contribution is -0.133. The van der Waals surface area contributed by atoms with E-state index >= 15 is 0 Å². The van der Waals surface area contributed by atoms with Crippen molar-refractivity contribution >= 4 is 23.2 Å². The molecule has 0 aliphatic rings. The number of benzene rings is 1. The Kier molecular flexibility index (Phi) is 5.88. The van der Waals surface area contributed by atoms with Gasteiger partial charge in [0.1, 0.15) is 5.60 Å². The number of nitrogens with zero attached hydrogens (tertiary/aromatic N) is 1. The molecule has 25 heavy (non-hydrogen) atoms. The molecule has 6 heteroatoms. The van der Waals surface area contributed by atoms with Crippen LogP contribution in [0.4, 0.5) is 11.4 Å². The monoisotopic (exact) mass is 341 g/mol. The fourth-order valence-electron chi connectivity index (χ4n) is 2.40. The minimum absolute atomic E-state index is 0.257. The van der Waals surface area contributed by atoms with Crippen molar-refractivity contribution in [2.75, 3.05) is 10.6 Å². The summed E-state index contributed by atoms with van der Waals surface area (Å²) < 4.78 is 0. The third kappa shape index (κ3) is 4.87. The quantitative estimate of drug-likeness (QED) is 0.753. The summed E-state index contributed by atoms with van der Waals surface area (Å²) in [6.45, 7) is 5.26. The number of aliphatic hydroxyl groups is 1. The van der Waals surface area contributed by atoms with E-state index in [1.54, 1.807) is 42.7 Å². The zero-order valence-corrected chi connectivity index (χ0v) is 14.7. The fourth-order valence-corrected chi connectivity index (χ4v) is 2.40. The third-order valence-corrected chi connectivity index (χ3v) is 3.91. The largest absolute Gasteiger partial charge is 0.380 e. The molecule has 0 saturated carbocycles. The maximum absolute atomic E-state index is 12.3. The van der Waals surface area contributed by atoms with Crippen molar-refractivity contribution in [3.63, 3.8) is 0 Å². The fraction of sp³-hybridized carbons (Fsp3) is 0.316. The summed E-state index contributed by atoms with van der Waals surface area (Å²) in [4.78, 5) is 28.4. The molecular weight excluding hydrogens is 318 g/mol. The number of aryl methyl sites for hydroxylation is 1. The summed E-state index contributed by atoms with van der Waals surface area (Å²) in [5.74, 6) is -0.725. The lowest BCUT2D eigenvalue weighted by atomic mass is 9.99. The molecule has 2 aromatic rings. The van der Waals surface area contributed by atoms with Crippen molar-refractivity contribution in [3.8, 4) is 0 Å². The van der Waals surface area contributed by atoms with E-state index in [9.17, 15) is 14.7 Å². The van der Waals surface area contributed by atoms with E-state index in [-0.39, 0.29) is 5.91 Å². The Morgan fingerprint density at radius 3 is 2.48 bits per heavy atom. The number of amides is 2. The molecule has 0 spiro atoms. The van der Waals surface area contributed by atoms with Crippen molar-refractivity contribution in [1.29, 1.82) is 0 Å². The summed E-state index contributed by atoms with van der Waals surface area (Å²) in [7, 11) is 0. The minimum Gasteiger partial charge on any atom is -0.380 e. The average molecular weight is 341 g/mol. The van der Waals surface area contributed by atoms with Crippen molar-refractivity contribution < 1.29 is 14.7 Å². The molecule has 3 N–H and O–H groups in total. The number of carbonyl (C=O) groups is 2. The van der Waals surface area contributed by atoms with Gasteiger partial charge in [0.05, 0.1) is 0 Å². The van der Waals surface area contributed by atoms with E-state index in [0.717, 1.165) is 5.56 Å².